The van der Waals surface area contributed by atoms with Gasteiger partial charge in [-0.1, -0.05) is 0 Å². The van der Waals surface area contributed by atoms with Crippen molar-refractivity contribution in [3.05, 3.63) is 22.4 Å². The maximum Gasteiger partial charge on any atom is 0.389 e. The third kappa shape index (κ3) is 4.26. The molecule has 0 spiro atoms. The summed E-state index contributed by atoms with van der Waals surface area (Å²) in [6.45, 7) is -0.338. The molecule has 0 aliphatic carbocycles. The van der Waals surface area contributed by atoms with Crippen LogP contribution in [0.1, 0.15) is 12.1 Å². The predicted octanol–water partition coefficient (Wildman–Crippen LogP) is 2.09. The number of aryl methyl sites for hydroxylation is 1. The second-order valence-electron chi connectivity index (χ2n) is 4.72. The molecule has 0 fully saturated rings. The summed E-state index contributed by atoms with van der Waals surface area (Å²) in [7, 11) is 0. The number of nitrogens with zero attached hydrogens (tertiary/aromatic N) is 2. The maximum atomic E-state index is 12.5. The number of fused-ring (bicyclic) bond motifs is 1. The number of hydroxylamine groups is 1. The second kappa shape index (κ2) is 6.62. The number of aromatic nitrogens is 2. The van der Waals surface area contributed by atoms with Crippen molar-refractivity contribution in [1.82, 2.24) is 14.9 Å². The lowest BCUT2D eigenvalue weighted by atomic mass is 10.2. The van der Waals surface area contributed by atoms with Crippen LogP contribution < -0.4 is 16.5 Å². The molecule has 126 valence electrons. The third-order valence-electron chi connectivity index (χ3n) is 2.97. The second-order valence-corrected chi connectivity index (χ2v) is 5.63. The minimum atomic E-state index is -4.33. The van der Waals surface area contributed by atoms with Crippen LogP contribution in [0.25, 0.3) is 5.65 Å². The summed E-state index contributed by atoms with van der Waals surface area (Å²) in [6.07, 6.45) is -4.19. The van der Waals surface area contributed by atoms with Crippen molar-refractivity contribution in [2.75, 3.05) is 17.6 Å². The van der Waals surface area contributed by atoms with Crippen LogP contribution in [0.4, 0.5) is 24.7 Å². The van der Waals surface area contributed by atoms with Gasteiger partial charge in [-0.2, -0.15) is 13.2 Å². The molecule has 11 heteroatoms. The molecule has 2 aromatic heterocycles. The van der Waals surface area contributed by atoms with Crippen molar-refractivity contribution in [1.29, 1.82) is 0 Å². The number of alkyl halides is 3. The number of carbonyl (C=O) groups excluding carboxylic acids is 1. The summed E-state index contributed by atoms with van der Waals surface area (Å²) in [4.78, 5) is 15.3. The predicted molar refractivity (Wildman–Crippen MR) is 80.1 cm³/mol. The molecule has 0 saturated heterocycles. The number of pyridine rings is 1. The molecule has 0 saturated carbocycles. The molecule has 7 nitrogen and oxygen atoms in total. The van der Waals surface area contributed by atoms with E-state index in [-0.39, 0.29) is 35.8 Å². The van der Waals surface area contributed by atoms with E-state index in [0.29, 0.717) is 4.47 Å². The topological polar surface area (TPSA) is 105 Å². The van der Waals surface area contributed by atoms with Crippen LogP contribution in [0.5, 0.6) is 0 Å². The standard InChI is InChI=1S/C12H13BrF3N5O2/c13-6-3-7(17)10-19-8(1-2-12(14,15)16)11(21(10)5-6)18-4-9(22)20-23/h3,5,18,23H,1-2,4,17H2,(H,20,22). The summed E-state index contributed by atoms with van der Waals surface area (Å²) in [5.41, 5.74) is 7.92. The fourth-order valence-electron chi connectivity index (χ4n) is 2.01. The highest BCUT2D eigenvalue weighted by atomic mass is 79.9. The van der Waals surface area contributed by atoms with E-state index < -0.39 is 18.5 Å². The van der Waals surface area contributed by atoms with Gasteiger partial charge < -0.3 is 11.1 Å². The van der Waals surface area contributed by atoms with Gasteiger partial charge >= 0.3 is 6.18 Å². The Labute approximate surface area is 136 Å². The van der Waals surface area contributed by atoms with Crippen LogP contribution >= 0.6 is 15.9 Å². The SMILES string of the molecule is Nc1cc(Br)cn2c(NCC(=O)NO)c(CCC(F)(F)F)nc12. The first-order valence-corrected chi connectivity index (χ1v) is 7.20. The summed E-state index contributed by atoms with van der Waals surface area (Å²) >= 11 is 3.24. The molecule has 0 unspecified atom stereocenters. The van der Waals surface area contributed by atoms with Crippen molar-refractivity contribution < 1.29 is 23.2 Å². The highest BCUT2D eigenvalue weighted by Gasteiger charge is 2.28. The Bertz CT molecular complexity index is 732. The Balaban J connectivity index is 2.42. The van der Waals surface area contributed by atoms with Gasteiger partial charge in [0.15, 0.2) is 5.65 Å². The lowest BCUT2D eigenvalue weighted by molar-refractivity contribution is -0.134. The molecule has 0 atom stereocenters. The van der Waals surface area contributed by atoms with Crippen molar-refractivity contribution >= 4 is 39.0 Å². The smallest absolute Gasteiger partial charge is 0.389 e. The van der Waals surface area contributed by atoms with E-state index in [1.54, 1.807) is 12.3 Å². The molecule has 5 N–H and O–H groups in total. The van der Waals surface area contributed by atoms with Crippen LogP contribution in [-0.2, 0) is 11.2 Å². The Hall–Kier alpha value is -2.01. The van der Waals surface area contributed by atoms with E-state index >= 15 is 0 Å². The van der Waals surface area contributed by atoms with Crippen LogP contribution in [-0.4, -0.2) is 33.2 Å². The normalized spacial score (nSPS) is 11.7. The van der Waals surface area contributed by atoms with Crippen molar-refractivity contribution in [2.45, 2.75) is 19.0 Å². The number of halogens is 4. The van der Waals surface area contributed by atoms with Crippen molar-refractivity contribution in [3.63, 3.8) is 0 Å². The quantitative estimate of drug-likeness (QED) is 0.458. The summed E-state index contributed by atoms with van der Waals surface area (Å²) in [6, 6.07) is 1.57. The molecule has 0 aliphatic rings. The molecule has 0 bridgehead atoms. The average molecular weight is 396 g/mol. The van der Waals surface area contributed by atoms with Gasteiger partial charge in [0.2, 0.25) is 0 Å². The summed E-state index contributed by atoms with van der Waals surface area (Å²) < 4.78 is 39.4. The van der Waals surface area contributed by atoms with Gasteiger partial charge in [0.1, 0.15) is 5.82 Å². The van der Waals surface area contributed by atoms with E-state index in [0.717, 1.165) is 0 Å². The summed E-state index contributed by atoms with van der Waals surface area (Å²) in [5, 5.41) is 11.2. The molecular formula is C12H13BrF3N5O2. The molecule has 0 aliphatic heterocycles. The average Bonchev–Trinajstić information content (AvgIpc) is 2.80. The van der Waals surface area contributed by atoms with E-state index in [4.69, 9.17) is 10.9 Å². The van der Waals surface area contributed by atoms with E-state index in [1.807, 2.05) is 0 Å². The Morgan fingerprint density at radius 2 is 2.17 bits per heavy atom. The van der Waals surface area contributed by atoms with Crippen LogP contribution in [0.3, 0.4) is 0 Å². The first-order valence-electron chi connectivity index (χ1n) is 6.41. The van der Waals surface area contributed by atoms with Crippen molar-refractivity contribution in [3.8, 4) is 0 Å². The molecule has 2 rings (SSSR count). The van der Waals surface area contributed by atoms with Gasteiger partial charge in [-0.05, 0) is 22.0 Å². The number of hydrogen-bond acceptors (Lipinski definition) is 5. The third-order valence-corrected chi connectivity index (χ3v) is 3.41. The zero-order valence-electron chi connectivity index (χ0n) is 11.6. The Morgan fingerprint density at radius 3 is 2.78 bits per heavy atom. The minimum Gasteiger partial charge on any atom is -0.396 e. The van der Waals surface area contributed by atoms with Gasteiger partial charge in [0.05, 0.1) is 17.9 Å². The zero-order valence-corrected chi connectivity index (χ0v) is 13.2. The highest BCUT2D eigenvalue weighted by Crippen LogP contribution is 2.29. The first kappa shape index (κ1) is 17.3. The minimum absolute atomic E-state index is 0.123. The number of nitrogen functional groups attached to an aromatic ring is 1. The summed E-state index contributed by atoms with van der Waals surface area (Å²) in [5.74, 6) is -0.537. The number of imidazole rings is 1. The number of carbonyl (C=O) groups is 1. The fourth-order valence-corrected chi connectivity index (χ4v) is 2.46. The number of nitrogens with two attached hydrogens (primary N) is 1. The Morgan fingerprint density at radius 1 is 1.48 bits per heavy atom. The molecule has 23 heavy (non-hydrogen) atoms. The van der Waals surface area contributed by atoms with Gasteiger partial charge in [-0.3, -0.25) is 14.4 Å². The van der Waals surface area contributed by atoms with Gasteiger partial charge in [-0.15, -0.1) is 0 Å². The Kier molecular flexibility index (Phi) is 5.00. The molecule has 2 aromatic rings. The largest absolute Gasteiger partial charge is 0.396 e. The van der Waals surface area contributed by atoms with E-state index in [9.17, 15) is 18.0 Å². The van der Waals surface area contributed by atoms with Gasteiger partial charge in [0.25, 0.3) is 5.91 Å². The molecule has 1 amide bonds. The van der Waals surface area contributed by atoms with Gasteiger partial charge in [0, 0.05) is 23.5 Å². The number of amides is 1. The number of hydrogen-bond donors (Lipinski definition) is 4. The van der Waals surface area contributed by atoms with E-state index in [1.165, 1.54) is 9.88 Å². The lowest BCUT2D eigenvalue weighted by Crippen LogP contribution is -2.27. The lowest BCUT2D eigenvalue weighted by Gasteiger charge is -2.09. The highest BCUT2D eigenvalue weighted by molar-refractivity contribution is 9.10. The van der Waals surface area contributed by atoms with E-state index in [2.05, 4.69) is 26.2 Å². The van der Waals surface area contributed by atoms with Crippen LogP contribution in [0, 0.1) is 0 Å². The monoisotopic (exact) mass is 395 g/mol. The molecule has 2 heterocycles. The first-order chi connectivity index (χ1) is 10.7. The maximum absolute atomic E-state index is 12.5. The van der Waals surface area contributed by atoms with Crippen LogP contribution in [0.2, 0.25) is 0 Å². The molecule has 0 radical (unpaired) electrons. The molecular weight excluding hydrogens is 383 g/mol. The fraction of sp³-hybridized carbons (Fsp3) is 0.333. The van der Waals surface area contributed by atoms with Crippen LogP contribution in [0.15, 0.2) is 16.7 Å². The number of nitrogens with one attached hydrogen (secondary N) is 2. The van der Waals surface area contributed by atoms with Crippen molar-refractivity contribution in [2.24, 2.45) is 0 Å². The van der Waals surface area contributed by atoms with Gasteiger partial charge in [-0.25, -0.2) is 10.5 Å². The molecule has 0 aromatic carbocycles. The number of anilines is 2. The number of rotatable bonds is 5. The zero-order chi connectivity index (χ0) is 17.2.